The molecule has 0 aliphatic carbocycles. The van der Waals surface area contributed by atoms with Gasteiger partial charge in [0.2, 0.25) is 0 Å². The average molecular weight is 1680 g/mol. The summed E-state index contributed by atoms with van der Waals surface area (Å²) in [6.45, 7) is 48.8. The number of hydrogen-bond acceptors (Lipinski definition) is 16. The normalized spacial score (nSPS) is 28.0. The van der Waals surface area contributed by atoms with Crippen LogP contribution in [0.15, 0.2) is 115 Å². The van der Waals surface area contributed by atoms with Crippen LogP contribution >= 0.6 is 63.7 Å². The smallest absolute Gasteiger partial charge is 0.444 e. The number of carbonyl (C=O) groups excluding carboxylic acids is 2. The summed E-state index contributed by atoms with van der Waals surface area (Å²) in [6.07, 6.45) is 4.64. The number of likely N-dealkylation sites (tertiary alicyclic amines) is 4. The lowest BCUT2D eigenvalue weighted by Gasteiger charge is -2.32. The Kier molecular flexibility index (Phi) is 26.0. The molecule has 0 radical (unpaired) electrons. The highest BCUT2D eigenvalue weighted by Gasteiger charge is 2.64. The summed E-state index contributed by atoms with van der Waals surface area (Å²) in [5.41, 5.74) is 2.23. The number of nitrogens with one attached hydrogen (secondary N) is 1. The van der Waals surface area contributed by atoms with Gasteiger partial charge in [0.05, 0.1) is 39.6 Å². The van der Waals surface area contributed by atoms with Gasteiger partial charge in [0.15, 0.2) is 0 Å². The van der Waals surface area contributed by atoms with E-state index in [1.54, 1.807) is 0 Å². The number of likely N-dealkylation sites (N-methyl/N-ethyl adjacent to an activating group) is 2. The fourth-order valence-electron chi connectivity index (χ4n) is 15.6. The monoisotopic (exact) mass is 1670 g/mol. The summed E-state index contributed by atoms with van der Waals surface area (Å²) in [4.78, 5) is 40.2. The summed E-state index contributed by atoms with van der Waals surface area (Å²) < 4.78 is 51.5. The summed E-state index contributed by atoms with van der Waals surface area (Å²) in [6, 6.07) is 36.3. The molecular weight excluding hydrogens is 1560 g/mol. The summed E-state index contributed by atoms with van der Waals surface area (Å²) in [5, 5.41) is 3.42. The minimum atomic E-state index is -0.476. The number of ether oxygens (including phenoxy) is 2. The highest BCUT2D eigenvalue weighted by atomic mass is 79.9. The Morgan fingerprint density at radius 2 is 0.709 bits per heavy atom. The van der Waals surface area contributed by atoms with Crippen LogP contribution in [0, 0.1) is 23.7 Å². The van der Waals surface area contributed by atoms with Crippen molar-refractivity contribution in [2.75, 3.05) is 107 Å². The molecule has 2 amide bonds. The molecule has 11 saturated heterocycles. The largest absolute Gasteiger partial charge is 0.494 e. The second-order valence-corrected chi connectivity index (χ2v) is 38.7. The molecule has 4 aromatic rings. The third-order valence-corrected chi connectivity index (χ3v) is 25.4. The minimum Gasteiger partial charge on any atom is -0.444 e. The van der Waals surface area contributed by atoms with Gasteiger partial charge >= 0.3 is 33.3 Å². The van der Waals surface area contributed by atoms with Crippen LogP contribution in [0.25, 0.3) is 0 Å². The van der Waals surface area contributed by atoms with E-state index in [1.807, 2.05) is 131 Å². The van der Waals surface area contributed by atoms with Crippen LogP contribution in [-0.2, 0) is 37.4 Å². The van der Waals surface area contributed by atoms with E-state index in [1.165, 1.54) is 75.6 Å². The third kappa shape index (κ3) is 20.3. The van der Waals surface area contributed by atoms with Crippen molar-refractivity contribution in [3.05, 3.63) is 115 Å². The zero-order chi connectivity index (χ0) is 75.2. The molecule has 25 heteroatoms. The molecule has 8 atom stereocenters. The number of halogens is 4. The number of fused-ring (bicyclic) bond motifs is 4. The zero-order valence-corrected chi connectivity index (χ0v) is 71.5. The molecular formula is C78H117B3Br4N8O10. The fourth-order valence-corrected chi connectivity index (χ4v) is 16.6. The Morgan fingerprint density at radius 3 is 1.06 bits per heavy atom. The van der Waals surface area contributed by atoms with Crippen molar-refractivity contribution in [2.24, 2.45) is 23.7 Å². The molecule has 0 aromatic heterocycles. The molecule has 0 unspecified atom stereocenters. The van der Waals surface area contributed by atoms with Crippen molar-refractivity contribution >= 4 is 120 Å². The Balaban J connectivity index is 0.000000136. The lowest BCUT2D eigenvalue weighted by molar-refractivity contribution is 0.00578. The molecule has 11 fully saturated rings. The average Bonchev–Trinajstić information content (AvgIpc) is 1.61. The van der Waals surface area contributed by atoms with E-state index in [0.29, 0.717) is 30.0 Å². The van der Waals surface area contributed by atoms with Gasteiger partial charge in [-0.15, -0.1) is 0 Å². The number of hydrogen-bond donors (Lipinski definition) is 1. The number of nitrogens with zero attached hydrogens (tertiary/aromatic N) is 7. The molecule has 11 aliphatic rings. The van der Waals surface area contributed by atoms with Crippen molar-refractivity contribution in [1.82, 2.24) is 24.9 Å². The van der Waals surface area contributed by atoms with E-state index >= 15 is 0 Å². The topological polar surface area (TPSA) is 143 Å². The van der Waals surface area contributed by atoms with Crippen LogP contribution in [0.5, 0.6) is 0 Å². The van der Waals surface area contributed by atoms with Crippen molar-refractivity contribution in [2.45, 2.75) is 219 Å². The third-order valence-electron chi connectivity index (χ3n) is 23.3. The highest BCUT2D eigenvalue weighted by Crippen LogP contribution is 2.45. The van der Waals surface area contributed by atoms with Crippen LogP contribution in [0.1, 0.15) is 150 Å². The van der Waals surface area contributed by atoms with E-state index in [0.717, 1.165) is 86.9 Å². The van der Waals surface area contributed by atoms with Crippen LogP contribution in [0.3, 0.4) is 0 Å². The quantitative estimate of drug-likeness (QED) is 0.189. The van der Waals surface area contributed by atoms with E-state index in [9.17, 15) is 9.59 Å². The maximum Gasteiger partial charge on any atom is 0.494 e. The first-order valence-corrected chi connectivity index (χ1v) is 40.6. The first-order valence-electron chi connectivity index (χ1n) is 37.4. The lowest BCUT2D eigenvalue weighted by Crippen LogP contribution is -2.41. The molecule has 15 rings (SSSR count). The van der Waals surface area contributed by atoms with Crippen molar-refractivity contribution in [1.29, 1.82) is 0 Å². The molecule has 103 heavy (non-hydrogen) atoms. The molecule has 11 heterocycles. The number of benzene rings is 4. The Hall–Kier alpha value is -3.43. The van der Waals surface area contributed by atoms with Gasteiger partial charge in [-0.25, -0.2) is 9.59 Å². The van der Waals surface area contributed by atoms with Gasteiger partial charge in [-0.3, -0.25) is 0 Å². The van der Waals surface area contributed by atoms with Gasteiger partial charge in [0.25, 0.3) is 0 Å². The van der Waals surface area contributed by atoms with Crippen molar-refractivity contribution in [3.63, 3.8) is 0 Å². The number of amides is 2. The molecule has 0 saturated carbocycles. The van der Waals surface area contributed by atoms with E-state index in [4.69, 9.17) is 37.4 Å². The van der Waals surface area contributed by atoms with Gasteiger partial charge in [0, 0.05) is 131 Å². The van der Waals surface area contributed by atoms with Crippen molar-refractivity contribution < 1.29 is 47.0 Å². The standard InChI is InChI=1S/C19H29BN2O2.C17H23BrN2O2.C13H17BrN2.C12H24B2O4.C11H20N2O2.C6H4Br2/c1-18(2)19(3,4)24-20(23-18)15-6-8-16(9-7-15)22-11-10-14-12-21(5)13-17(14)22;1-17(2,3)22-16(21)19-10-12-8-9-20(15(12)11-19)14-6-4-13(18)5-7-14;1-15-8-10-6-7-16(13(10)9-15)12-4-2-11(14)3-5-12;1-9(2)10(3,4)16-13(15-9)14-17-11(5,6)12(7,8)18-14;1-11(2,3)15-10(14)13-6-8-4-5-12-9(8)7-13;7-5-1-2-6(8)4-3-5/h6-9,14,17H,10-13H2,1-5H3;4-7,12,15H,8-11H2,1-3H3;2-5,10,13H,6-9H2,1H3;1-8H3;8-9,12H,4-7H2,1-3H3;1-4H/t14-,17+;12-,15+;10-,13+;;8-,9+;/m111.1./s1. The zero-order valence-electron chi connectivity index (χ0n) is 65.1. The SMILES string of the molecule is Brc1ccc(Br)cc1.CC(C)(C)OC(=O)N1C[C@H]2CCN(c3ccc(Br)cc3)[C@H]2C1.CC(C)(C)OC(=O)N1C[C@H]2CCN[C@H]2C1.CC1(C)OB(B2OC(C)(C)C(C)(C)O2)OC1(C)C.CN1C[C@H]2CCN(c3ccc(B4OC(C)(C)C(C)(C)O4)cc3)[C@H]2C1.CN1C[C@H]2CCN(c3ccc(Br)cc3)[C@H]2C1. The maximum atomic E-state index is 12.3. The first kappa shape index (κ1) is 82.1. The summed E-state index contributed by atoms with van der Waals surface area (Å²) in [7, 11) is 3.25. The van der Waals surface area contributed by atoms with E-state index in [2.05, 4.69) is 208 Å². The number of anilines is 3. The van der Waals surface area contributed by atoms with Crippen LogP contribution in [-0.4, -0.2) is 215 Å². The summed E-state index contributed by atoms with van der Waals surface area (Å²) in [5.74, 6) is 2.90. The lowest BCUT2D eigenvalue weighted by atomic mass is 9.49. The van der Waals surface area contributed by atoms with E-state index in [-0.39, 0.29) is 58.5 Å². The molecule has 18 nitrogen and oxygen atoms in total. The van der Waals surface area contributed by atoms with Gasteiger partial charge in [-0.1, -0.05) is 75.9 Å². The van der Waals surface area contributed by atoms with Gasteiger partial charge in [-0.2, -0.15) is 0 Å². The second-order valence-electron chi connectivity index (χ2n) is 35.1. The molecule has 4 aromatic carbocycles. The summed E-state index contributed by atoms with van der Waals surface area (Å²) >= 11 is 13.6. The first-order chi connectivity index (χ1) is 48.0. The van der Waals surface area contributed by atoms with Gasteiger partial charge in [-0.05, 0) is 279 Å². The van der Waals surface area contributed by atoms with E-state index < -0.39 is 19.6 Å². The Bertz CT molecular complexity index is 3360. The number of carbonyl (C=O) groups is 2. The Labute approximate surface area is 652 Å². The second kappa shape index (κ2) is 32.6. The van der Waals surface area contributed by atoms with Crippen LogP contribution in [0.2, 0.25) is 0 Å². The molecule has 0 bridgehead atoms. The van der Waals surface area contributed by atoms with Crippen LogP contribution in [0.4, 0.5) is 26.7 Å². The molecule has 11 aliphatic heterocycles. The van der Waals surface area contributed by atoms with Crippen LogP contribution < -0.4 is 25.5 Å². The predicted octanol–water partition coefficient (Wildman–Crippen LogP) is 15.3. The predicted molar refractivity (Wildman–Crippen MR) is 433 cm³/mol. The molecule has 1 N–H and O–H groups in total. The minimum absolute atomic E-state index is 0.168. The molecule has 0 spiro atoms. The van der Waals surface area contributed by atoms with Gasteiger partial charge in [0.1, 0.15) is 11.2 Å². The van der Waals surface area contributed by atoms with Gasteiger partial charge < -0.3 is 77.0 Å². The number of rotatable bonds is 5. The fraction of sp³-hybridized carbons (Fsp3) is 0.667. The highest BCUT2D eigenvalue weighted by molar-refractivity contribution is 9.11. The Morgan fingerprint density at radius 1 is 0.408 bits per heavy atom. The van der Waals surface area contributed by atoms with Crippen molar-refractivity contribution in [3.8, 4) is 0 Å². The maximum absolute atomic E-state index is 12.3. The molecule has 566 valence electrons.